The summed E-state index contributed by atoms with van der Waals surface area (Å²) in [6, 6.07) is 0. The van der Waals surface area contributed by atoms with Gasteiger partial charge in [0.25, 0.3) is 0 Å². The molecule has 3 nitrogen and oxygen atoms in total. The molecule has 1 atom stereocenters. The van der Waals surface area contributed by atoms with Crippen molar-refractivity contribution in [1.29, 1.82) is 0 Å². The van der Waals surface area contributed by atoms with Crippen molar-refractivity contribution in [3.63, 3.8) is 0 Å². The largest absolute Gasteiger partial charge is 0.547 e. The summed E-state index contributed by atoms with van der Waals surface area (Å²) in [5, 5.41) is 0. The average molecular weight is 256 g/mol. The standard InChI is InChI=1S/C13H24O3Si/c1-6-15-12(14)13(2)10-8-7-9-11(13)16-17(3,4)5/h9H,6-8,10H2,1-5H3. The molecule has 0 spiro atoms. The summed E-state index contributed by atoms with van der Waals surface area (Å²) in [6.45, 7) is 10.6. The van der Waals surface area contributed by atoms with Gasteiger partial charge in [0.15, 0.2) is 0 Å². The van der Waals surface area contributed by atoms with Crippen LogP contribution in [-0.2, 0) is 14.0 Å². The molecule has 1 rings (SSSR count). The molecule has 0 saturated heterocycles. The Bertz CT molecular complexity index is 317. The van der Waals surface area contributed by atoms with Crippen LogP contribution in [0, 0.1) is 5.41 Å². The molecular formula is C13H24O3Si. The highest BCUT2D eigenvalue weighted by atomic mass is 28.4. The number of carbonyl (C=O) groups excluding carboxylic acids is 1. The lowest BCUT2D eigenvalue weighted by molar-refractivity contribution is -0.154. The second-order valence-electron chi connectivity index (χ2n) is 5.73. The highest BCUT2D eigenvalue weighted by molar-refractivity contribution is 6.70. The maximum Gasteiger partial charge on any atom is 0.319 e. The first kappa shape index (κ1) is 14.3. The number of hydrogen-bond acceptors (Lipinski definition) is 3. The third-order valence-electron chi connectivity index (χ3n) is 2.90. The molecule has 1 unspecified atom stereocenters. The smallest absolute Gasteiger partial charge is 0.319 e. The van der Waals surface area contributed by atoms with Gasteiger partial charge in [-0.3, -0.25) is 4.79 Å². The molecule has 0 aromatic carbocycles. The van der Waals surface area contributed by atoms with Crippen LogP contribution in [0.4, 0.5) is 0 Å². The van der Waals surface area contributed by atoms with Gasteiger partial charge in [0, 0.05) is 0 Å². The van der Waals surface area contributed by atoms with Gasteiger partial charge in [-0.25, -0.2) is 0 Å². The van der Waals surface area contributed by atoms with E-state index in [0.29, 0.717) is 6.61 Å². The highest BCUT2D eigenvalue weighted by Crippen LogP contribution is 2.40. The lowest BCUT2D eigenvalue weighted by Gasteiger charge is -2.36. The Morgan fingerprint density at radius 3 is 2.65 bits per heavy atom. The van der Waals surface area contributed by atoms with Crippen molar-refractivity contribution < 1.29 is 14.0 Å². The maximum absolute atomic E-state index is 12.1. The molecule has 0 radical (unpaired) electrons. The Labute approximate surface area is 105 Å². The molecule has 1 aliphatic rings. The number of allylic oxidation sites excluding steroid dienone is 1. The zero-order valence-corrected chi connectivity index (χ0v) is 12.6. The summed E-state index contributed by atoms with van der Waals surface area (Å²) in [4.78, 5) is 12.1. The van der Waals surface area contributed by atoms with E-state index in [2.05, 4.69) is 25.7 Å². The van der Waals surface area contributed by atoms with Crippen LogP contribution in [-0.4, -0.2) is 20.9 Å². The Morgan fingerprint density at radius 1 is 1.47 bits per heavy atom. The topological polar surface area (TPSA) is 35.5 Å². The molecule has 4 heteroatoms. The van der Waals surface area contributed by atoms with E-state index in [0.717, 1.165) is 25.0 Å². The molecule has 0 fully saturated rings. The Hall–Kier alpha value is -0.773. The van der Waals surface area contributed by atoms with E-state index in [4.69, 9.17) is 9.16 Å². The van der Waals surface area contributed by atoms with E-state index >= 15 is 0 Å². The second-order valence-corrected chi connectivity index (χ2v) is 10.2. The van der Waals surface area contributed by atoms with Crippen LogP contribution in [0.15, 0.2) is 11.8 Å². The van der Waals surface area contributed by atoms with Gasteiger partial charge >= 0.3 is 5.97 Å². The molecule has 0 aromatic heterocycles. The molecule has 0 aromatic rings. The van der Waals surface area contributed by atoms with E-state index in [1.165, 1.54) is 0 Å². The number of hydrogen-bond donors (Lipinski definition) is 0. The average Bonchev–Trinajstić information content (AvgIpc) is 2.20. The van der Waals surface area contributed by atoms with Crippen LogP contribution < -0.4 is 0 Å². The van der Waals surface area contributed by atoms with Gasteiger partial charge in [0.1, 0.15) is 5.41 Å². The number of ether oxygens (including phenoxy) is 1. The van der Waals surface area contributed by atoms with Gasteiger partial charge in [0.05, 0.1) is 12.4 Å². The summed E-state index contributed by atoms with van der Waals surface area (Å²) >= 11 is 0. The Morgan fingerprint density at radius 2 is 2.12 bits per heavy atom. The van der Waals surface area contributed by atoms with Crippen LogP contribution in [0.1, 0.15) is 33.1 Å². The fraction of sp³-hybridized carbons (Fsp3) is 0.769. The van der Waals surface area contributed by atoms with Crippen LogP contribution in [0.25, 0.3) is 0 Å². The molecule has 1 aliphatic carbocycles. The van der Waals surface area contributed by atoms with Crippen LogP contribution in [0.2, 0.25) is 19.6 Å². The van der Waals surface area contributed by atoms with E-state index in [9.17, 15) is 4.79 Å². The zero-order valence-electron chi connectivity index (χ0n) is 11.6. The number of carbonyl (C=O) groups is 1. The van der Waals surface area contributed by atoms with Crippen molar-refractivity contribution >= 4 is 14.3 Å². The Balaban J connectivity index is 2.91. The minimum Gasteiger partial charge on any atom is -0.547 e. The first-order chi connectivity index (χ1) is 7.79. The molecule has 0 saturated carbocycles. The molecule has 0 aliphatic heterocycles. The van der Waals surface area contributed by atoms with Crippen LogP contribution >= 0.6 is 0 Å². The molecule has 17 heavy (non-hydrogen) atoms. The van der Waals surface area contributed by atoms with E-state index in [1.54, 1.807) is 0 Å². The van der Waals surface area contributed by atoms with E-state index in [-0.39, 0.29) is 5.97 Å². The lowest BCUT2D eigenvalue weighted by Crippen LogP contribution is -2.39. The van der Waals surface area contributed by atoms with Gasteiger partial charge in [-0.15, -0.1) is 0 Å². The van der Waals surface area contributed by atoms with Gasteiger partial charge in [0.2, 0.25) is 8.32 Å². The van der Waals surface area contributed by atoms with Crippen molar-refractivity contribution in [1.82, 2.24) is 0 Å². The SMILES string of the molecule is CCOC(=O)C1(C)CCCC=C1O[Si](C)(C)C. The summed E-state index contributed by atoms with van der Waals surface area (Å²) in [7, 11) is -1.68. The van der Waals surface area contributed by atoms with Crippen LogP contribution in [0.5, 0.6) is 0 Å². The normalized spacial score (nSPS) is 25.1. The van der Waals surface area contributed by atoms with Crippen molar-refractivity contribution in [2.75, 3.05) is 6.61 Å². The molecule has 0 N–H and O–H groups in total. The second kappa shape index (κ2) is 5.25. The molecular weight excluding hydrogens is 232 g/mol. The molecule has 0 amide bonds. The first-order valence-electron chi connectivity index (χ1n) is 6.36. The molecule has 0 heterocycles. The Kier molecular flexibility index (Phi) is 4.41. The third-order valence-corrected chi connectivity index (χ3v) is 3.73. The number of rotatable bonds is 4. The van der Waals surface area contributed by atoms with Gasteiger partial charge in [-0.2, -0.15) is 0 Å². The van der Waals surface area contributed by atoms with Gasteiger partial charge in [-0.05, 0) is 58.8 Å². The van der Waals surface area contributed by atoms with Crippen molar-refractivity contribution in [2.24, 2.45) is 5.41 Å². The minimum absolute atomic E-state index is 0.149. The zero-order chi connectivity index (χ0) is 13.1. The van der Waals surface area contributed by atoms with E-state index < -0.39 is 13.7 Å². The monoisotopic (exact) mass is 256 g/mol. The van der Waals surface area contributed by atoms with Crippen molar-refractivity contribution in [3.05, 3.63) is 11.8 Å². The van der Waals surface area contributed by atoms with Crippen molar-refractivity contribution in [2.45, 2.75) is 52.8 Å². The maximum atomic E-state index is 12.1. The van der Waals surface area contributed by atoms with E-state index in [1.807, 2.05) is 13.8 Å². The van der Waals surface area contributed by atoms with Gasteiger partial charge < -0.3 is 9.16 Å². The third kappa shape index (κ3) is 3.59. The predicted molar refractivity (Wildman–Crippen MR) is 71.1 cm³/mol. The number of esters is 1. The fourth-order valence-corrected chi connectivity index (χ4v) is 2.98. The summed E-state index contributed by atoms with van der Waals surface area (Å²) in [5.74, 6) is 0.686. The summed E-state index contributed by atoms with van der Waals surface area (Å²) in [6.07, 6.45) is 4.91. The summed E-state index contributed by atoms with van der Waals surface area (Å²) < 4.78 is 11.2. The molecule has 98 valence electrons. The minimum atomic E-state index is -1.68. The first-order valence-corrected chi connectivity index (χ1v) is 9.77. The van der Waals surface area contributed by atoms with Crippen molar-refractivity contribution in [3.8, 4) is 0 Å². The molecule has 0 bridgehead atoms. The summed E-state index contributed by atoms with van der Waals surface area (Å²) in [5.41, 5.74) is -0.575. The highest BCUT2D eigenvalue weighted by Gasteiger charge is 2.42. The predicted octanol–water partition coefficient (Wildman–Crippen LogP) is 3.48. The lowest BCUT2D eigenvalue weighted by atomic mass is 9.79. The fourth-order valence-electron chi connectivity index (χ4n) is 2.01. The quantitative estimate of drug-likeness (QED) is 0.570. The van der Waals surface area contributed by atoms with Crippen LogP contribution in [0.3, 0.4) is 0 Å². The van der Waals surface area contributed by atoms with Gasteiger partial charge in [-0.1, -0.05) is 0 Å².